The molecule has 0 saturated heterocycles. The molecule has 1 aliphatic heterocycles. The molecule has 1 aromatic carbocycles. The molecule has 0 aromatic heterocycles. The second-order valence-electron chi connectivity index (χ2n) is 6.06. The number of guanidine groups is 1. The molecule has 0 atom stereocenters. The summed E-state index contributed by atoms with van der Waals surface area (Å²) in [6, 6.07) is 8.41. The largest absolute Gasteiger partial charge is 0.369 e. The first-order valence-electron chi connectivity index (χ1n) is 7.50. The Bertz CT molecular complexity index is 501. The lowest BCUT2D eigenvalue weighted by atomic mass is 9.75. The van der Waals surface area contributed by atoms with Crippen LogP contribution in [0.15, 0.2) is 33.7 Å². The Morgan fingerprint density at radius 1 is 1.30 bits per heavy atom. The highest BCUT2D eigenvalue weighted by molar-refractivity contribution is 9.10. The van der Waals surface area contributed by atoms with E-state index in [1.807, 2.05) is 0 Å². The maximum Gasteiger partial charge on any atom is 0.196 e. The molecule has 2 aliphatic rings. The lowest BCUT2D eigenvalue weighted by molar-refractivity contribution is 0.244. The van der Waals surface area contributed by atoms with Gasteiger partial charge in [0, 0.05) is 10.2 Å². The van der Waals surface area contributed by atoms with Crippen molar-refractivity contribution in [2.45, 2.75) is 44.6 Å². The van der Waals surface area contributed by atoms with Gasteiger partial charge in [-0.25, -0.2) is 0 Å². The molecule has 1 aromatic rings. The number of rotatable bonds is 2. The van der Waals surface area contributed by atoms with E-state index in [9.17, 15) is 0 Å². The average molecular weight is 336 g/mol. The van der Waals surface area contributed by atoms with Crippen molar-refractivity contribution in [1.82, 2.24) is 0 Å². The predicted octanol–water partition coefficient (Wildman–Crippen LogP) is 3.92. The topological polar surface area (TPSA) is 41.6 Å². The molecule has 1 aliphatic carbocycles. The molecule has 0 bridgehead atoms. The summed E-state index contributed by atoms with van der Waals surface area (Å²) >= 11 is 3.49. The lowest BCUT2D eigenvalue weighted by Crippen LogP contribution is -2.53. The Labute approximate surface area is 129 Å². The van der Waals surface area contributed by atoms with Gasteiger partial charge in [0.2, 0.25) is 0 Å². The van der Waals surface area contributed by atoms with Crippen LogP contribution in [0.3, 0.4) is 0 Å². The van der Waals surface area contributed by atoms with Crippen LogP contribution in [0.25, 0.3) is 0 Å². The fraction of sp³-hybridized carbons (Fsp3) is 0.562. The van der Waals surface area contributed by atoms with Gasteiger partial charge in [-0.05, 0) is 55.9 Å². The number of nitrogens with zero attached hydrogens (tertiary/aromatic N) is 2. The standard InChI is InChI=1S/C16H22BrN3/c1-2-12-7-9-16(10-8-12)11-19-15(18)20(16)14-5-3-13(17)4-6-14/h3-6,12H,2,7-11H2,1H3,(H2,18,19). The van der Waals surface area contributed by atoms with E-state index in [0.29, 0.717) is 5.96 Å². The van der Waals surface area contributed by atoms with Crippen LogP contribution in [0.4, 0.5) is 5.69 Å². The van der Waals surface area contributed by atoms with E-state index in [4.69, 9.17) is 5.73 Å². The Kier molecular flexibility index (Phi) is 3.76. The van der Waals surface area contributed by atoms with Crippen molar-refractivity contribution >= 4 is 27.6 Å². The van der Waals surface area contributed by atoms with E-state index in [1.54, 1.807) is 0 Å². The first-order chi connectivity index (χ1) is 9.64. The van der Waals surface area contributed by atoms with Crippen molar-refractivity contribution in [3.8, 4) is 0 Å². The normalized spacial score (nSPS) is 29.8. The van der Waals surface area contributed by atoms with E-state index in [1.165, 1.54) is 37.8 Å². The van der Waals surface area contributed by atoms with Crippen LogP contribution < -0.4 is 10.6 Å². The van der Waals surface area contributed by atoms with Gasteiger partial charge in [0.25, 0.3) is 0 Å². The summed E-state index contributed by atoms with van der Waals surface area (Å²) in [5.41, 5.74) is 7.48. The summed E-state index contributed by atoms with van der Waals surface area (Å²) in [7, 11) is 0. The molecule has 1 heterocycles. The van der Waals surface area contributed by atoms with Gasteiger partial charge in [-0.15, -0.1) is 0 Å². The Hall–Kier alpha value is -1.03. The van der Waals surface area contributed by atoms with Gasteiger partial charge in [-0.3, -0.25) is 4.99 Å². The molecule has 3 nitrogen and oxygen atoms in total. The highest BCUT2D eigenvalue weighted by atomic mass is 79.9. The van der Waals surface area contributed by atoms with Crippen LogP contribution in [0, 0.1) is 5.92 Å². The zero-order valence-corrected chi connectivity index (χ0v) is 13.6. The molecule has 1 fully saturated rings. The van der Waals surface area contributed by atoms with Crippen molar-refractivity contribution in [3.63, 3.8) is 0 Å². The van der Waals surface area contributed by atoms with E-state index in [-0.39, 0.29) is 5.54 Å². The molecule has 20 heavy (non-hydrogen) atoms. The maximum atomic E-state index is 6.19. The summed E-state index contributed by atoms with van der Waals surface area (Å²) in [4.78, 5) is 6.84. The number of benzene rings is 1. The third-order valence-corrected chi connectivity index (χ3v) is 5.47. The van der Waals surface area contributed by atoms with Crippen LogP contribution in [0.5, 0.6) is 0 Å². The van der Waals surface area contributed by atoms with E-state index < -0.39 is 0 Å². The van der Waals surface area contributed by atoms with Gasteiger partial charge in [-0.2, -0.15) is 0 Å². The van der Waals surface area contributed by atoms with Crippen molar-refractivity contribution in [2.75, 3.05) is 11.4 Å². The summed E-state index contributed by atoms with van der Waals surface area (Å²) in [5, 5.41) is 0. The number of hydrogen-bond acceptors (Lipinski definition) is 3. The predicted molar refractivity (Wildman–Crippen MR) is 88.1 cm³/mol. The summed E-state index contributed by atoms with van der Waals surface area (Å²) < 4.78 is 1.10. The minimum Gasteiger partial charge on any atom is -0.369 e. The van der Waals surface area contributed by atoms with Crippen molar-refractivity contribution < 1.29 is 0 Å². The Morgan fingerprint density at radius 3 is 2.55 bits per heavy atom. The minimum atomic E-state index is 0.129. The van der Waals surface area contributed by atoms with Gasteiger partial charge >= 0.3 is 0 Å². The number of aliphatic imine (C=N–C) groups is 1. The van der Waals surface area contributed by atoms with Gasteiger partial charge in [0.1, 0.15) is 0 Å². The van der Waals surface area contributed by atoms with Gasteiger partial charge < -0.3 is 10.6 Å². The fourth-order valence-corrected chi connectivity index (χ4v) is 3.88. The number of anilines is 1. The SMILES string of the molecule is CCC1CCC2(CC1)CN=C(N)N2c1ccc(Br)cc1. The summed E-state index contributed by atoms with van der Waals surface area (Å²) in [6.45, 7) is 3.15. The Morgan fingerprint density at radius 2 is 1.95 bits per heavy atom. The van der Waals surface area contributed by atoms with Crippen LogP contribution in [-0.4, -0.2) is 18.0 Å². The molecular weight excluding hydrogens is 314 g/mol. The molecule has 1 spiro atoms. The zero-order chi connectivity index (χ0) is 14.2. The maximum absolute atomic E-state index is 6.19. The zero-order valence-electron chi connectivity index (χ0n) is 12.0. The summed E-state index contributed by atoms with van der Waals surface area (Å²) in [5.74, 6) is 1.57. The number of hydrogen-bond donors (Lipinski definition) is 1. The minimum absolute atomic E-state index is 0.129. The monoisotopic (exact) mass is 335 g/mol. The second-order valence-corrected chi connectivity index (χ2v) is 6.98. The molecule has 0 unspecified atom stereocenters. The molecule has 3 rings (SSSR count). The second kappa shape index (κ2) is 5.40. The van der Waals surface area contributed by atoms with E-state index >= 15 is 0 Å². The first-order valence-corrected chi connectivity index (χ1v) is 8.30. The third-order valence-electron chi connectivity index (χ3n) is 4.94. The molecule has 2 N–H and O–H groups in total. The van der Waals surface area contributed by atoms with Crippen LogP contribution in [0.1, 0.15) is 39.0 Å². The van der Waals surface area contributed by atoms with Crippen LogP contribution in [0.2, 0.25) is 0 Å². The number of nitrogens with two attached hydrogens (primary N) is 1. The molecule has 0 amide bonds. The molecule has 4 heteroatoms. The summed E-state index contributed by atoms with van der Waals surface area (Å²) in [6.07, 6.45) is 6.29. The van der Waals surface area contributed by atoms with Crippen LogP contribution in [-0.2, 0) is 0 Å². The lowest BCUT2D eigenvalue weighted by Gasteiger charge is -2.44. The fourth-order valence-electron chi connectivity index (χ4n) is 3.61. The quantitative estimate of drug-likeness (QED) is 0.889. The van der Waals surface area contributed by atoms with Gasteiger partial charge in [0.15, 0.2) is 5.96 Å². The molecular formula is C16H22BrN3. The van der Waals surface area contributed by atoms with E-state index in [0.717, 1.165) is 16.9 Å². The number of halogens is 1. The van der Waals surface area contributed by atoms with Crippen molar-refractivity contribution in [1.29, 1.82) is 0 Å². The molecule has 1 saturated carbocycles. The van der Waals surface area contributed by atoms with Crippen LogP contribution >= 0.6 is 15.9 Å². The average Bonchev–Trinajstić information content (AvgIpc) is 2.78. The third kappa shape index (κ3) is 2.34. The van der Waals surface area contributed by atoms with Gasteiger partial charge in [-0.1, -0.05) is 29.3 Å². The molecule has 0 radical (unpaired) electrons. The first kappa shape index (κ1) is 13.9. The van der Waals surface area contributed by atoms with E-state index in [2.05, 4.69) is 57.0 Å². The Balaban J connectivity index is 1.87. The van der Waals surface area contributed by atoms with Gasteiger partial charge in [0.05, 0.1) is 12.1 Å². The molecule has 108 valence electrons. The smallest absolute Gasteiger partial charge is 0.196 e. The van der Waals surface area contributed by atoms with Crippen molar-refractivity contribution in [3.05, 3.63) is 28.7 Å². The highest BCUT2D eigenvalue weighted by Crippen LogP contribution is 2.42. The van der Waals surface area contributed by atoms with Crippen molar-refractivity contribution in [2.24, 2.45) is 16.6 Å². The highest BCUT2D eigenvalue weighted by Gasteiger charge is 2.45.